The number of likely N-dealkylation sites (N-methyl/N-ethyl adjacent to an activating group) is 1. The minimum Gasteiger partial charge on any atom is -0.493 e. The zero-order valence-corrected chi connectivity index (χ0v) is 25.1. The van der Waals surface area contributed by atoms with E-state index >= 15 is 0 Å². The van der Waals surface area contributed by atoms with Crippen molar-refractivity contribution >= 4 is 29.1 Å². The third-order valence-electron chi connectivity index (χ3n) is 7.98. The highest BCUT2D eigenvalue weighted by atomic mass is 35.5. The number of anilines is 1. The highest BCUT2D eigenvalue weighted by Crippen LogP contribution is 2.42. The van der Waals surface area contributed by atoms with Crippen LogP contribution in [0.15, 0.2) is 60.7 Å². The van der Waals surface area contributed by atoms with Crippen LogP contribution in [0.1, 0.15) is 55.1 Å². The molecule has 0 bridgehead atoms. The monoisotopic (exact) mass is 575 g/mol. The number of hydrogen-bond donors (Lipinski definition) is 0. The van der Waals surface area contributed by atoms with Crippen molar-refractivity contribution in [3.63, 3.8) is 0 Å². The van der Waals surface area contributed by atoms with Crippen molar-refractivity contribution < 1.29 is 19.1 Å². The van der Waals surface area contributed by atoms with Crippen LogP contribution < -0.4 is 14.4 Å². The van der Waals surface area contributed by atoms with E-state index < -0.39 is 0 Å². The largest absolute Gasteiger partial charge is 0.493 e. The molecule has 41 heavy (non-hydrogen) atoms. The molecule has 0 unspecified atom stereocenters. The first-order valence-electron chi connectivity index (χ1n) is 14.2. The molecule has 7 nitrogen and oxygen atoms in total. The van der Waals surface area contributed by atoms with Crippen molar-refractivity contribution in [3.8, 4) is 11.5 Å². The number of nitrogens with zero attached hydrogens (tertiary/aromatic N) is 3. The van der Waals surface area contributed by atoms with Crippen LogP contribution in [0.25, 0.3) is 0 Å². The van der Waals surface area contributed by atoms with Crippen LogP contribution in [0.3, 0.4) is 0 Å². The van der Waals surface area contributed by atoms with Crippen molar-refractivity contribution in [2.24, 2.45) is 0 Å². The second-order valence-electron chi connectivity index (χ2n) is 11.2. The Labute approximate surface area is 247 Å². The number of piperazine rings is 1. The maximum atomic E-state index is 13.8. The zero-order chi connectivity index (χ0) is 29.3. The molecule has 1 fully saturated rings. The van der Waals surface area contributed by atoms with Gasteiger partial charge < -0.3 is 19.3 Å². The molecule has 2 atom stereocenters. The Morgan fingerprint density at radius 2 is 1.63 bits per heavy atom. The van der Waals surface area contributed by atoms with Gasteiger partial charge in [-0.2, -0.15) is 0 Å². The maximum absolute atomic E-state index is 13.8. The van der Waals surface area contributed by atoms with Crippen LogP contribution >= 0.6 is 11.6 Å². The molecule has 8 heteroatoms. The van der Waals surface area contributed by atoms with E-state index in [1.54, 1.807) is 7.11 Å². The summed E-state index contributed by atoms with van der Waals surface area (Å²) in [5.74, 6) is 1.44. The number of hydrogen-bond acceptors (Lipinski definition) is 5. The van der Waals surface area contributed by atoms with Gasteiger partial charge in [-0.25, -0.2) is 0 Å². The lowest BCUT2D eigenvalue weighted by Crippen LogP contribution is -2.49. The number of methoxy groups -OCH3 is 1. The highest BCUT2D eigenvalue weighted by molar-refractivity contribution is 6.30. The summed E-state index contributed by atoms with van der Waals surface area (Å²) >= 11 is 6.18. The van der Waals surface area contributed by atoms with E-state index in [1.165, 1.54) is 0 Å². The highest BCUT2D eigenvalue weighted by Gasteiger charge is 2.35. The number of halogens is 1. The molecule has 0 radical (unpaired) electrons. The summed E-state index contributed by atoms with van der Waals surface area (Å²) < 4.78 is 11.7. The molecule has 216 valence electrons. The predicted molar refractivity (Wildman–Crippen MR) is 162 cm³/mol. The maximum Gasteiger partial charge on any atom is 0.237 e. The molecule has 2 heterocycles. The van der Waals surface area contributed by atoms with Crippen LogP contribution in [0.2, 0.25) is 5.02 Å². The summed E-state index contributed by atoms with van der Waals surface area (Å²) in [6.07, 6.45) is 0.843. The van der Waals surface area contributed by atoms with Gasteiger partial charge in [0.15, 0.2) is 11.5 Å². The standard InChI is InChI=1S/C33H38ClN3O4/c1-21(2)41-31-19-28-25(17-30(31)40-5)18-32(38)37(29(28)16-23-6-10-26(34)11-7-23)27-12-8-24(9-13-27)22(3)36-15-14-35(4)20-33(36)39/h6-13,17,19,21-22,29H,14-16,18,20H2,1-5H3/t22-,29-/m0/s1. The fourth-order valence-corrected chi connectivity index (χ4v) is 5.95. The van der Waals surface area contributed by atoms with Crippen molar-refractivity contribution in [2.75, 3.05) is 38.7 Å². The molecule has 2 amide bonds. The number of carbonyl (C=O) groups excluding carboxylic acids is 2. The second kappa shape index (κ2) is 12.1. The Bertz CT molecular complexity index is 1410. The van der Waals surface area contributed by atoms with Gasteiger partial charge in [-0.05, 0) is 92.9 Å². The van der Waals surface area contributed by atoms with Gasteiger partial charge in [-0.15, -0.1) is 0 Å². The van der Waals surface area contributed by atoms with Gasteiger partial charge in [0.25, 0.3) is 0 Å². The molecule has 0 saturated carbocycles. The number of carbonyl (C=O) groups is 2. The first-order valence-corrected chi connectivity index (χ1v) is 14.5. The molecule has 0 spiro atoms. The Hall–Kier alpha value is -3.55. The van der Waals surface area contributed by atoms with E-state index in [0.717, 1.165) is 34.5 Å². The molecule has 5 rings (SSSR count). The smallest absolute Gasteiger partial charge is 0.237 e. The number of ether oxygens (including phenoxy) is 2. The fraction of sp³-hybridized carbons (Fsp3) is 0.394. The molecule has 2 aliphatic rings. The van der Waals surface area contributed by atoms with Gasteiger partial charge >= 0.3 is 0 Å². The normalized spacial score (nSPS) is 18.5. The first-order chi connectivity index (χ1) is 19.6. The van der Waals surface area contributed by atoms with Crippen LogP contribution in [0.4, 0.5) is 5.69 Å². The molecule has 0 aliphatic carbocycles. The third kappa shape index (κ3) is 6.21. The molecule has 0 aromatic heterocycles. The van der Waals surface area contributed by atoms with Crippen LogP contribution in [0.5, 0.6) is 11.5 Å². The second-order valence-corrected chi connectivity index (χ2v) is 11.7. The Morgan fingerprint density at radius 1 is 0.927 bits per heavy atom. The first kappa shape index (κ1) is 29.0. The molecule has 2 aliphatic heterocycles. The lowest BCUT2D eigenvalue weighted by molar-refractivity contribution is -0.137. The van der Waals surface area contributed by atoms with Crippen LogP contribution in [0, 0.1) is 0 Å². The summed E-state index contributed by atoms with van der Waals surface area (Å²) in [4.78, 5) is 32.3. The summed E-state index contributed by atoms with van der Waals surface area (Å²) in [6.45, 7) is 8.02. The van der Waals surface area contributed by atoms with Crippen molar-refractivity contribution in [3.05, 3.63) is 87.9 Å². The summed E-state index contributed by atoms with van der Waals surface area (Å²) in [7, 11) is 3.59. The SMILES string of the molecule is COc1cc2c(cc1OC(C)C)[C@H](Cc1ccc(Cl)cc1)N(c1ccc([C@H](C)N3CCN(C)CC3=O)cc1)C(=O)C2. The van der Waals surface area contributed by atoms with E-state index in [9.17, 15) is 9.59 Å². The quantitative estimate of drug-likeness (QED) is 0.337. The Morgan fingerprint density at radius 3 is 2.27 bits per heavy atom. The average Bonchev–Trinajstić information content (AvgIpc) is 2.94. The van der Waals surface area contributed by atoms with Gasteiger partial charge in [-0.3, -0.25) is 14.5 Å². The number of benzene rings is 3. The summed E-state index contributed by atoms with van der Waals surface area (Å²) in [5, 5.41) is 0.673. The van der Waals surface area contributed by atoms with Gasteiger partial charge in [0, 0.05) is 23.8 Å². The lowest BCUT2D eigenvalue weighted by Gasteiger charge is -2.39. The van der Waals surface area contributed by atoms with E-state index in [-0.39, 0.29) is 36.4 Å². The minimum atomic E-state index is -0.254. The van der Waals surface area contributed by atoms with Crippen LogP contribution in [-0.2, 0) is 22.4 Å². The molecule has 3 aromatic rings. The van der Waals surface area contributed by atoms with Crippen molar-refractivity contribution in [2.45, 2.75) is 51.8 Å². The van der Waals surface area contributed by atoms with E-state index in [4.69, 9.17) is 21.1 Å². The number of amides is 2. The van der Waals surface area contributed by atoms with Gasteiger partial charge in [0.2, 0.25) is 11.8 Å². The van der Waals surface area contributed by atoms with Gasteiger partial charge in [0.05, 0.1) is 38.3 Å². The topological polar surface area (TPSA) is 62.3 Å². The molecular weight excluding hydrogens is 538 g/mol. The minimum absolute atomic E-state index is 0.0195. The van der Waals surface area contributed by atoms with E-state index in [0.29, 0.717) is 36.0 Å². The summed E-state index contributed by atoms with van der Waals surface area (Å²) in [5.41, 5.74) is 4.92. The van der Waals surface area contributed by atoms with Crippen molar-refractivity contribution in [1.29, 1.82) is 0 Å². The molecule has 0 N–H and O–H groups in total. The molecule has 3 aromatic carbocycles. The molecular formula is C33H38ClN3O4. The van der Waals surface area contributed by atoms with E-state index in [1.807, 2.05) is 96.3 Å². The summed E-state index contributed by atoms with van der Waals surface area (Å²) in [6, 6.07) is 19.5. The lowest BCUT2D eigenvalue weighted by atomic mass is 9.87. The number of fused-ring (bicyclic) bond motifs is 1. The fourth-order valence-electron chi connectivity index (χ4n) is 5.82. The molecule has 1 saturated heterocycles. The number of rotatable bonds is 8. The van der Waals surface area contributed by atoms with Crippen molar-refractivity contribution in [1.82, 2.24) is 9.80 Å². The predicted octanol–water partition coefficient (Wildman–Crippen LogP) is 5.84. The van der Waals surface area contributed by atoms with Crippen LogP contribution in [-0.4, -0.2) is 61.5 Å². The third-order valence-corrected chi connectivity index (χ3v) is 8.23. The van der Waals surface area contributed by atoms with E-state index in [2.05, 4.69) is 6.92 Å². The average molecular weight is 576 g/mol. The Kier molecular flexibility index (Phi) is 8.57. The van der Waals surface area contributed by atoms with Gasteiger partial charge in [-0.1, -0.05) is 35.9 Å². The Balaban J connectivity index is 1.51. The van der Waals surface area contributed by atoms with Gasteiger partial charge in [0.1, 0.15) is 0 Å². The zero-order valence-electron chi connectivity index (χ0n) is 24.4.